The Kier molecular flexibility index (Phi) is 5.79. The van der Waals surface area contributed by atoms with Gasteiger partial charge in [-0.2, -0.15) is 4.98 Å². The molecule has 0 N–H and O–H groups in total. The fourth-order valence-electron chi connectivity index (χ4n) is 2.27. The zero-order valence-corrected chi connectivity index (χ0v) is 14.6. The van der Waals surface area contributed by atoms with E-state index in [1.165, 1.54) is 4.88 Å². The van der Waals surface area contributed by atoms with Crippen LogP contribution in [0.5, 0.6) is 0 Å². The number of aromatic nitrogens is 2. The molecule has 0 saturated carbocycles. The first-order valence-electron chi connectivity index (χ1n) is 7.32. The van der Waals surface area contributed by atoms with Crippen molar-refractivity contribution in [1.82, 2.24) is 9.97 Å². The van der Waals surface area contributed by atoms with E-state index in [2.05, 4.69) is 41.7 Å². The van der Waals surface area contributed by atoms with Crippen LogP contribution in [0.15, 0.2) is 6.07 Å². The van der Waals surface area contributed by atoms with Crippen molar-refractivity contribution < 1.29 is 4.74 Å². The van der Waals surface area contributed by atoms with Gasteiger partial charge in [-0.1, -0.05) is 13.8 Å². The Hall–Kier alpha value is -0.910. The normalized spacial score (nSPS) is 12.8. The quantitative estimate of drug-likeness (QED) is 0.716. The van der Waals surface area contributed by atoms with Crippen molar-refractivity contribution in [2.75, 3.05) is 25.2 Å². The Balaban J connectivity index is 2.51. The minimum absolute atomic E-state index is 0.313. The molecule has 4 nitrogen and oxygen atoms in total. The lowest BCUT2D eigenvalue weighted by atomic mass is 10.2. The van der Waals surface area contributed by atoms with E-state index in [1.54, 1.807) is 18.4 Å². The Morgan fingerprint density at radius 1 is 1.38 bits per heavy atom. The van der Waals surface area contributed by atoms with Crippen molar-refractivity contribution in [1.29, 1.82) is 0 Å². The maximum atomic E-state index is 6.13. The Bertz CT molecular complexity index is 602. The second-order valence-electron chi connectivity index (χ2n) is 5.04. The molecular formula is C15H22ClN3OS. The number of hydrogen-bond acceptors (Lipinski definition) is 5. The van der Waals surface area contributed by atoms with E-state index in [1.807, 2.05) is 0 Å². The van der Waals surface area contributed by atoms with Gasteiger partial charge in [-0.15, -0.1) is 11.3 Å². The van der Waals surface area contributed by atoms with Gasteiger partial charge in [0.15, 0.2) is 0 Å². The van der Waals surface area contributed by atoms with Crippen molar-refractivity contribution in [3.63, 3.8) is 0 Å². The molecule has 6 heteroatoms. The number of nitrogens with zero attached hydrogens (tertiary/aromatic N) is 3. The van der Waals surface area contributed by atoms with Crippen molar-refractivity contribution >= 4 is 39.0 Å². The van der Waals surface area contributed by atoms with Crippen LogP contribution in [-0.4, -0.2) is 36.3 Å². The van der Waals surface area contributed by atoms with E-state index in [-0.39, 0.29) is 0 Å². The van der Waals surface area contributed by atoms with Crippen LogP contribution in [0.4, 0.5) is 5.82 Å². The van der Waals surface area contributed by atoms with E-state index in [0.29, 0.717) is 17.9 Å². The molecule has 0 aromatic carbocycles. The third-order valence-corrected chi connectivity index (χ3v) is 5.02. The van der Waals surface area contributed by atoms with Gasteiger partial charge in [0.2, 0.25) is 5.28 Å². The van der Waals surface area contributed by atoms with Crippen LogP contribution in [0.2, 0.25) is 5.28 Å². The monoisotopic (exact) mass is 327 g/mol. The summed E-state index contributed by atoms with van der Waals surface area (Å²) in [6, 6.07) is 2.56. The number of aryl methyl sites for hydroxylation is 1. The molecule has 2 aromatic rings. The first-order valence-corrected chi connectivity index (χ1v) is 8.51. The highest BCUT2D eigenvalue weighted by Gasteiger charge is 2.20. The predicted octanol–water partition coefficient (Wildman–Crippen LogP) is 4.16. The number of fused-ring (bicyclic) bond motifs is 1. The Labute approximate surface area is 135 Å². The third kappa shape index (κ3) is 3.65. The van der Waals surface area contributed by atoms with Gasteiger partial charge in [-0.3, -0.25) is 0 Å². The first-order chi connectivity index (χ1) is 10.1. The Morgan fingerprint density at radius 3 is 2.76 bits per heavy atom. The summed E-state index contributed by atoms with van der Waals surface area (Å²) in [5, 5.41) is 1.41. The van der Waals surface area contributed by atoms with E-state index in [0.717, 1.165) is 35.4 Å². The molecule has 0 amide bonds. The zero-order chi connectivity index (χ0) is 15.4. The molecule has 0 aliphatic rings. The van der Waals surface area contributed by atoms with Crippen molar-refractivity contribution in [2.24, 2.45) is 0 Å². The van der Waals surface area contributed by atoms with Gasteiger partial charge in [0.05, 0.1) is 12.0 Å². The van der Waals surface area contributed by atoms with Crippen LogP contribution in [0.1, 0.15) is 32.1 Å². The highest BCUT2D eigenvalue weighted by molar-refractivity contribution is 7.18. The van der Waals surface area contributed by atoms with Gasteiger partial charge < -0.3 is 9.64 Å². The topological polar surface area (TPSA) is 38.2 Å². The first kappa shape index (κ1) is 16.5. The second-order valence-corrected chi connectivity index (χ2v) is 6.50. The molecule has 0 aliphatic carbocycles. The lowest BCUT2D eigenvalue weighted by Crippen LogP contribution is -2.36. The molecule has 21 heavy (non-hydrogen) atoms. The molecule has 2 heterocycles. The van der Waals surface area contributed by atoms with Gasteiger partial charge in [-0.05, 0) is 37.4 Å². The Morgan fingerprint density at radius 2 is 2.14 bits per heavy atom. The van der Waals surface area contributed by atoms with Crippen molar-refractivity contribution in [2.45, 2.75) is 39.7 Å². The van der Waals surface area contributed by atoms with E-state index >= 15 is 0 Å². The highest BCUT2D eigenvalue weighted by atomic mass is 35.5. The molecule has 0 spiro atoms. The molecule has 2 aromatic heterocycles. The van der Waals surface area contributed by atoms with Gasteiger partial charge in [-0.25, -0.2) is 4.98 Å². The van der Waals surface area contributed by atoms with Crippen LogP contribution >= 0.6 is 22.9 Å². The molecule has 0 bridgehead atoms. The van der Waals surface area contributed by atoms with Gasteiger partial charge >= 0.3 is 0 Å². The second kappa shape index (κ2) is 7.38. The van der Waals surface area contributed by atoms with Crippen molar-refractivity contribution in [3.8, 4) is 0 Å². The number of ether oxygens (including phenoxy) is 1. The summed E-state index contributed by atoms with van der Waals surface area (Å²) in [6.07, 6.45) is 2.04. The van der Waals surface area contributed by atoms with Crippen LogP contribution in [0, 0.1) is 0 Å². The average Bonchev–Trinajstić information content (AvgIpc) is 2.89. The van der Waals surface area contributed by atoms with E-state index in [9.17, 15) is 0 Å². The SMILES string of the molecule is CCc1cc2c(N(CCOC)C(C)CC)nc(Cl)nc2s1. The predicted molar refractivity (Wildman–Crippen MR) is 90.8 cm³/mol. The number of thiophene rings is 1. The lowest BCUT2D eigenvalue weighted by Gasteiger charge is -2.30. The maximum Gasteiger partial charge on any atom is 0.225 e. The molecule has 1 unspecified atom stereocenters. The summed E-state index contributed by atoms with van der Waals surface area (Å²) in [6.45, 7) is 7.99. The molecule has 0 fully saturated rings. The third-order valence-electron chi connectivity index (χ3n) is 3.68. The maximum absolute atomic E-state index is 6.13. The summed E-state index contributed by atoms with van der Waals surface area (Å²) < 4.78 is 5.24. The van der Waals surface area contributed by atoms with Crippen LogP contribution < -0.4 is 4.90 Å². The number of methoxy groups -OCH3 is 1. The van der Waals surface area contributed by atoms with Crippen molar-refractivity contribution in [3.05, 3.63) is 16.2 Å². The largest absolute Gasteiger partial charge is 0.383 e. The molecule has 116 valence electrons. The van der Waals surface area contributed by atoms with E-state index < -0.39 is 0 Å². The van der Waals surface area contributed by atoms with Gasteiger partial charge in [0.25, 0.3) is 0 Å². The average molecular weight is 328 g/mol. The fraction of sp³-hybridized carbons (Fsp3) is 0.600. The molecule has 0 aliphatic heterocycles. The van der Waals surface area contributed by atoms with Crippen LogP contribution in [0.3, 0.4) is 0 Å². The van der Waals surface area contributed by atoms with E-state index in [4.69, 9.17) is 16.3 Å². The summed E-state index contributed by atoms with van der Waals surface area (Å²) in [4.78, 5) is 13.4. The van der Waals surface area contributed by atoms with Gasteiger partial charge in [0, 0.05) is 24.6 Å². The summed E-state index contributed by atoms with van der Waals surface area (Å²) in [7, 11) is 1.72. The molecule has 2 rings (SSSR count). The standard InChI is InChI=1S/C15H22ClN3OS/c1-5-10(3)19(7-8-20-4)13-12-9-11(6-2)21-14(12)18-15(16)17-13/h9-10H,5-8H2,1-4H3. The summed E-state index contributed by atoms with van der Waals surface area (Å²) in [5.41, 5.74) is 0. The molecule has 0 saturated heterocycles. The number of anilines is 1. The zero-order valence-electron chi connectivity index (χ0n) is 13.0. The molecule has 1 atom stereocenters. The summed E-state index contributed by atoms with van der Waals surface area (Å²) >= 11 is 7.82. The summed E-state index contributed by atoms with van der Waals surface area (Å²) in [5.74, 6) is 0.923. The fourth-order valence-corrected chi connectivity index (χ4v) is 3.45. The number of halogens is 1. The highest BCUT2D eigenvalue weighted by Crippen LogP contribution is 2.33. The number of rotatable bonds is 7. The minimum atomic E-state index is 0.313. The van der Waals surface area contributed by atoms with Crippen LogP contribution in [0.25, 0.3) is 10.2 Å². The molecule has 0 radical (unpaired) electrons. The number of hydrogen-bond donors (Lipinski definition) is 0. The minimum Gasteiger partial charge on any atom is -0.383 e. The van der Waals surface area contributed by atoms with Crippen LogP contribution in [-0.2, 0) is 11.2 Å². The smallest absolute Gasteiger partial charge is 0.225 e. The lowest BCUT2D eigenvalue weighted by molar-refractivity contribution is 0.203. The van der Waals surface area contributed by atoms with Gasteiger partial charge in [0.1, 0.15) is 10.6 Å². The molecular weight excluding hydrogens is 306 g/mol.